The smallest absolute Gasteiger partial charge is 0.257 e. The summed E-state index contributed by atoms with van der Waals surface area (Å²) in [6, 6.07) is 18.4. The number of aliphatic hydroxyl groups excluding tert-OH is 1. The fraction of sp³-hybridized carbons (Fsp3) is 0.222. The summed E-state index contributed by atoms with van der Waals surface area (Å²) in [6.07, 6.45) is -0.588. The number of carbonyl (C=O) groups is 2. The maximum absolute atomic E-state index is 13.2. The molecule has 2 aliphatic rings. The first-order valence-corrected chi connectivity index (χ1v) is 11.0. The van der Waals surface area contributed by atoms with Gasteiger partial charge in [-0.15, -0.1) is 0 Å². The van der Waals surface area contributed by atoms with Crippen LogP contribution in [0.15, 0.2) is 71.9 Å². The first-order chi connectivity index (χ1) is 16.5. The molecule has 7 nitrogen and oxygen atoms in total. The summed E-state index contributed by atoms with van der Waals surface area (Å²) >= 11 is 0. The molecule has 0 saturated carbocycles. The lowest BCUT2D eigenvalue weighted by Crippen LogP contribution is -2.29. The number of nitrogens with zero attached hydrogens (tertiary/aromatic N) is 1. The first-order valence-electron chi connectivity index (χ1n) is 11.0. The number of allylic oxidation sites excluding steroid dienone is 1. The van der Waals surface area contributed by atoms with Gasteiger partial charge in [-0.05, 0) is 42.2 Å². The summed E-state index contributed by atoms with van der Waals surface area (Å²) in [5.74, 6) is 0.531. The monoisotopic (exact) mass is 456 g/mol. The zero-order valence-corrected chi connectivity index (χ0v) is 18.9. The van der Waals surface area contributed by atoms with Crippen LogP contribution in [-0.4, -0.2) is 36.0 Å². The largest absolute Gasteiger partial charge is 0.497 e. The van der Waals surface area contributed by atoms with Crippen LogP contribution >= 0.6 is 0 Å². The van der Waals surface area contributed by atoms with E-state index in [4.69, 9.17) is 9.47 Å². The van der Waals surface area contributed by atoms with Crippen LogP contribution in [0.5, 0.6) is 11.5 Å². The number of aliphatic hydroxyl groups is 1. The Hall–Kier alpha value is -3.97. The van der Waals surface area contributed by atoms with Crippen LogP contribution in [0.2, 0.25) is 0 Å². The van der Waals surface area contributed by atoms with E-state index in [0.717, 1.165) is 5.56 Å². The Bertz CT molecular complexity index is 1320. The third kappa shape index (κ3) is 3.74. The van der Waals surface area contributed by atoms with Crippen molar-refractivity contribution in [2.24, 2.45) is 0 Å². The molecular formula is C27H24N2O5. The van der Waals surface area contributed by atoms with Gasteiger partial charge in [0.2, 0.25) is 0 Å². The average Bonchev–Trinajstić information content (AvgIpc) is 2.97. The van der Waals surface area contributed by atoms with Gasteiger partial charge in [0.15, 0.2) is 5.78 Å². The van der Waals surface area contributed by atoms with E-state index in [1.165, 1.54) is 0 Å². The number of hydrogen-bond acceptors (Lipinski definition) is 6. The Morgan fingerprint density at radius 1 is 0.941 bits per heavy atom. The van der Waals surface area contributed by atoms with E-state index < -0.39 is 6.10 Å². The highest BCUT2D eigenvalue weighted by atomic mass is 16.5. The molecule has 2 heterocycles. The Morgan fingerprint density at radius 2 is 1.71 bits per heavy atom. The molecule has 34 heavy (non-hydrogen) atoms. The lowest BCUT2D eigenvalue weighted by Gasteiger charge is -2.27. The predicted octanol–water partition coefficient (Wildman–Crippen LogP) is 3.94. The van der Waals surface area contributed by atoms with Crippen molar-refractivity contribution in [2.45, 2.75) is 24.9 Å². The molecule has 5 rings (SSSR count). The Morgan fingerprint density at radius 3 is 2.44 bits per heavy atom. The maximum atomic E-state index is 13.2. The topological polar surface area (TPSA) is 97.8 Å². The van der Waals surface area contributed by atoms with Gasteiger partial charge < -0.3 is 19.9 Å². The number of amides is 1. The lowest BCUT2D eigenvalue weighted by molar-refractivity contribution is -0.117. The van der Waals surface area contributed by atoms with Crippen molar-refractivity contribution >= 4 is 11.7 Å². The Labute approximate surface area is 197 Å². The van der Waals surface area contributed by atoms with Crippen LogP contribution in [0.4, 0.5) is 0 Å². The molecule has 1 aromatic heterocycles. The molecule has 0 fully saturated rings. The van der Waals surface area contributed by atoms with Crippen LogP contribution in [0.1, 0.15) is 46.5 Å². The van der Waals surface area contributed by atoms with E-state index in [-0.39, 0.29) is 40.9 Å². The summed E-state index contributed by atoms with van der Waals surface area (Å²) in [5.41, 5.74) is 3.29. The third-order valence-electron chi connectivity index (χ3n) is 6.43. The standard InChI is InChI=1S/C27H24N2O5/c1-33-17-8-9-18(23(14-17)34-2)20-11-10-19-25(28-20)26(31)24-21(29-27(19)32)12-16(13-22(24)30)15-6-4-3-5-7-15/h3-11,14,16,26,31H,12-13H2,1-2H3,(H,29,32). The molecule has 2 unspecified atom stereocenters. The van der Waals surface area contributed by atoms with Crippen LogP contribution in [-0.2, 0) is 4.79 Å². The van der Waals surface area contributed by atoms with Gasteiger partial charge in [0.25, 0.3) is 5.91 Å². The van der Waals surface area contributed by atoms with Crippen LogP contribution in [0.25, 0.3) is 11.3 Å². The van der Waals surface area contributed by atoms with Gasteiger partial charge in [-0.2, -0.15) is 0 Å². The number of nitrogens with one attached hydrogen (secondary N) is 1. The number of carbonyl (C=O) groups excluding carboxylic acids is 2. The number of rotatable bonds is 4. The molecular weight excluding hydrogens is 432 g/mol. The van der Waals surface area contributed by atoms with Gasteiger partial charge in [-0.3, -0.25) is 9.59 Å². The van der Waals surface area contributed by atoms with Crippen molar-refractivity contribution in [2.75, 3.05) is 14.2 Å². The van der Waals surface area contributed by atoms with Crippen LogP contribution in [0, 0.1) is 0 Å². The number of ether oxygens (including phenoxy) is 2. The summed E-state index contributed by atoms with van der Waals surface area (Å²) in [5, 5.41) is 14.1. The molecule has 0 saturated heterocycles. The minimum Gasteiger partial charge on any atom is -0.497 e. The quantitative estimate of drug-likeness (QED) is 0.617. The minimum absolute atomic E-state index is 0.0618. The number of methoxy groups -OCH3 is 2. The van der Waals surface area contributed by atoms with E-state index in [1.54, 1.807) is 44.6 Å². The molecule has 1 amide bonds. The summed E-state index contributed by atoms with van der Waals surface area (Å²) in [6.45, 7) is 0. The van der Waals surface area contributed by atoms with Gasteiger partial charge in [-0.25, -0.2) is 4.98 Å². The minimum atomic E-state index is -1.31. The zero-order chi connectivity index (χ0) is 23.8. The van der Waals surface area contributed by atoms with Gasteiger partial charge in [0.1, 0.15) is 17.6 Å². The van der Waals surface area contributed by atoms with Crippen LogP contribution < -0.4 is 14.8 Å². The molecule has 2 atom stereocenters. The summed E-state index contributed by atoms with van der Waals surface area (Å²) in [7, 11) is 3.11. The van der Waals surface area contributed by atoms with E-state index in [9.17, 15) is 14.7 Å². The van der Waals surface area contributed by atoms with E-state index in [2.05, 4.69) is 10.3 Å². The molecule has 0 bridgehead atoms. The number of ketones is 1. The average molecular weight is 456 g/mol. The Balaban J connectivity index is 1.56. The maximum Gasteiger partial charge on any atom is 0.257 e. The van der Waals surface area contributed by atoms with E-state index >= 15 is 0 Å². The van der Waals surface area contributed by atoms with E-state index in [0.29, 0.717) is 34.9 Å². The molecule has 2 N–H and O–H groups in total. The molecule has 172 valence electrons. The lowest BCUT2D eigenvalue weighted by atomic mass is 9.80. The number of Topliss-reactive ketones (excluding diaryl/α,β-unsaturated/α-hetero) is 1. The highest BCUT2D eigenvalue weighted by Crippen LogP contribution is 2.41. The van der Waals surface area contributed by atoms with E-state index in [1.807, 2.05) is 30.3 Å². The second kappa shape index (κ2) is 8.76. The first kappa shape index (κ1) is 21.9. The molecule has 1 aliphatic carbocycles. The molecule has 0 spiro atoms. The highest BCUT2D eigenvalue weighted by Gasteiger charge is 2.38. The number of hydrogen-bond donors (Lipinski definition) is 2. The van der Waals surface area contributed by atoms with Crippen molar-refractivity contribution < 1.29 is 24.2 Å². The van der Waals surface area contributed by atoms with Crippen molar-refractivity contribution in [1.82, 2.24) is 10.3 Å². The summed E-state index contributed by atoms with van der Waals surface area (Å²) < 4.78 is 10.8. The zero-order valence-electron chi connectivity index (χ0n) is 18.9. The second-order valence-electron chi connectivity index (χ2n) is 8.38. The van der Waals surface area contributed by atoms with Crippen molar-refractivity contribution in [1.29, 1.82) is 0 Å². The molecule has 2 aromatic carbocycles. The molecule has 7 heteroatoms. The fourth-order valence-electron chi connectivity index (χ4n) is 4.70. The molecule has 3 aromatic rings. The normalized spacial score (nSPS) is 19.6. The molecule has 0 radical (unpaired) electrons. The van der Waals surface area contributed by atoms with Gasteiger partial charge in [0.05, 0.1) is 31.2 Å². The highest BCUT2D eigenvalue weighted by molar-refractivity contribution is 6.04. The van der Waals surface area contributed by atoms with Gasteiger partial charge >= 0.3 is 0 Å². The summed E-state index contributed by atoms with van der Waals surface area (Å²) in [4.78, 5) is 30.9. The third-order valence-corrected chi connectivity index (χ3v) is 6.43. The van der Waals surface area contributed by atoms with Crippen molar-refractivity contribution in [3.63, 3.8) is 0 Å². The fourth-order valence-corrected chi connectivity index (χ4v) is 4.70. The second-order valence-corrected chi connectivity index (χ2v) is 8.38. The van der Waals surface area contributed by atoms with Crippen LogP contribution in [0.3, 0.4) is 0 Å². The van der Waals surface area contributed by atoms with Gasteiger partial charge in [0, 0.05) is 29.3 Å². The van der Waals surface area contributed by atoms with Gasteiger partial charge in [-0.1, -0.05) is 30.3 Å². The Kier molecular flexibility index (Phi) is 5.63. The number of aromatic nitrogens is 1. The predicted molar refractivity (Wildman–Crippen MR) is 126 cm³/mol. The van der Waals surface area contributed by atoms with Crippen molar-refractivity contribution in [3.05, 3.63) is 88.8 Å². The SMILES string of the molecule is COc1ccc(-c2ccc3c(n2)C(O)C2=C(CC(c4ccccc4)CC2=O)NC3=O)c(OC)c1. The number of pyridine rings is 1. The number of fused-ring (bicyclic) bond motifs is 1. The van der Waals surface area contributed by atoms with Crippen molar-refractivity contribution in [3.8, 4) is 22.8 Å². The molecule has 1 aliphatic heterocycles. The number of benzene rings is 2.